The molecule has 0 radical (unpaired) electrons. The smallest absolute Gasteiger partial charge is 0.333 e. The molecule has 1 N–H and O–H groups in total. The predicted molar refractivity (Wildman–Crippen MR) is 164 cm³/mol. The van der Waals surface area contributed by atoms with E-state index in [0.717, 1.165) is 11.1 Å². The summed E-state index contributed by atoms with van der Waals surface area (Å²) in [7, 11) is 0. The van der Waals surface area contributed by atoms with Crippen LogP contribution in [0.4, 0.5) is 0 Å². The highest BCUT2D eigenvalue weighted by molar-refractivity contribution is 6.42. The highest BCUT2D eigenvalue weighted by Crippen LogP contribution is 2.24. The fourth-order valence-corrected chi connectivity index (χ4v) is 5.12. The summed E-state index contributed by atoms with van der Waals surface area (Å²) in [6, 6.07) is 21.7. The summed E-state index contributed by atoms with van der Waals surface area (Å²) in [6.45, 7) is 4.81. The number of carbonyl (C=O) groups is 2. The Morgan fingerprint density at radius 3 is 2.40 bits per heavy atom. The Morgan fingerprint density at radius 1 is 0.976 bits per heavy atom. The van der Waals surface area contributed by atoms with Gasteiger partial charge in [-0.15, -0.1) is 0 Å². The highest BCUT2D eigenvalue weighted by Gasteiger charge is 2.31. The van der Waals surface area contributed by atoms with E-state index >= 15 is 0 Å². The molecule has 0 aliphatic carbocycles. The Morgan fingerprint density at radius 2 is 1.71 bits per heavy atom. The van der Waals surface area contributed by atoms with Crippen LogP contribution in [0.15, 0.2) is 83.7 Å². The molecule has 0 fully saturated rings. The van der Waals surface area contributed by atoms with Crippen LogP contribution in [-0.4, -0.2) is 38.5 Å². The van der Waals surface area contributed by atoms with Crippen molar-refractivity contribution < 1.29 is 14.3 Å². The van der Waals surface area contributed by atoms with E-state index in [1.807, 2.05) is 44.2 Å². The maximum Gasteiger partial charge on any atom is 0.333 e. The molecule has 2 heterocycles. The van der Waals surface area contributed by atoms with E-state index in [4.69, 9.17) is 27.9 Å². The zero-order valence-electron chi connectivity index (χ0n) is 23.2. The lowest BCUT2D eigenvalue weighted by Gasteiger charge is -2.27. The van der Waals surface area contributed by atoms with Crippen LogP contribution < -0.4 is 15.7 Å². The van der Waals surface area contributed by atoms with Gasteiger partial charge in [0.15, 0.2) is 0 Å². The second-order valence-corrected chi connectivity index (χ2v) is 11.0. The first-order valence-corrected chi connectivity index (χ1v) is 14.3. The van der Waals surface area contributed by atoms with Gasteiger partial charge in [-0.3, -0.25) is 18.7 Å². The molecule has 1 aliphatic heterocycles. The number of hydrogen-bond donors (Lipinski definition) is 1. The maximum atomic E-state index is 13.7. The number of halogens is 2. The van der Waals surface area contributed by atoms with Crippen molar-refractivity contribution in [1.82, 2.24) is 19.4 Å². The molecule has 1 aromatic heterocycles. The van der Waals surface area contributed by atoms with Crippen LogP contribution in [0.1, 0.15) is 41.2 Å². The number of aromatic nitrogens is 2. The van der Waals surface area contributed by atoms with Crippen LogP contribution in [0.3, 0.4) is 0 Å². The number of imidazole rings is 1. The number of nitrogens with zero attached hydrogens (tertiary/aromatic N) is 3. The Bertz CT molecular complexity index is 1690. The molecule has 10 heteroatoms. The average Bonchev–Trinajstić information content (AvgIpc) is 3.28. The fourth-order valence-electron chi connectivity index (χ4n) is 4.82. The minimum absolute atomic E-state index is 0.00561. The zero-order valence-corrected chi connectivity index (χ0v) is 24.7. The third-order valence-electron chi connectivity index (χ3n) is 6.83. The molecule has 0 spiro atoms. The van der Waals surface area contributed by atoms with Gasteiger partial charge in [0, 0.05) is 25.7 Å². The topological polar surface area (TPSA) is 85.6 Å². The van der Waals surface area contributed by atoms with Crippen molar-refractivity contribution in [2.75, 3.05) is 6.54 Å². The Labute approximate surface area is 253 Å². The molecule has 42 heavy (non-hydrogen) atoms. The van der Waals surface area contributed by atoms with E-state index in [0.29, 0.717) is 33.7 Å². The molecular weight excluding hydrogens is 575 g/mol. The van der Waals surface area contributed by atoms with E-state index < -0.39 is 5.91 Å². The molecule has 8 nitrogen and oxygen atoms in total. The van der Waals surface area contributed by atoms with Gasteiger partial charge in [-0.25, -0.2) is 4.79 Å². The number of amides is 2. The first kappa shape index (κ1) is 29.2. The van der Waals surface area contributed by atoms with E-state index in [9.17, 15) is 14.4 Å². The Kier molecular flexibility index (Phi) is 8.85. The van der Waals surface area contributed by atoms with Gasteiger partial charge < -0.3 is 15.0 Å². The summed E-state index contributed by atoms with van der Waals surface area (Å²) in [5.41, 5.74) is 2.50. The average molecular weight is 606 g/mol. The van der Waals surface area contributed by atoms with Crippen molar-refractivity contribution in [3.63, 3.8) is 0 Å². The quantitative estimate of drug-likeness (QED) is 0.261. The number of benzene rings is 3. The van der Waals surface area contributed by atoms with Crippen molar-refractivity contribution in [2.45, 2.75) is 39.6 Å². The lowest BCUT2D eigenvalue weighted by atomic mass is 10.2. The number of ether oxygens (including phenoxy) is 1. The third kappa shape index (κ3) is 6.45. The van der Waals surface area contributed by atoms with Gasteiger partial charge in [0.2, 0.25) is 5.91 Å². The maximum absolute atomic E-state index is 13.7. The van der Waals surface area contributed by atoms with Crippen LogP contribution in [0.25, 0.3) is 11.8 Å². The van der Waals surface area contributed by atoms with Gasteiger partial charge in [-0.1, -0.05) is 59.6 Å². The molecule has 2 amide bonds. The molecular formula is C32H30Cl2N4O4. The third-order valence-corrected chi connectivity index (χ3v) is 7.57. The largest absolute Gasteiger partial charge is 0.491 e. The molecule has 1 aliphatic rings. The van der Waals surface area contributed by atoms with Crippen LogP contribution in [0.5, 0.6) is 5.75 Å². The minimum atomic E-state index is -0.409. The number of nitrogens with one attached hydrogen (secondary N) is 1. The van der Waals surface area contributed by atoms with E-state index in [2.05, 4.69) is 5.32 Å². The highest BCUT2D eigenvalue weighted by atomic mass is 35.5. The summed E-state index contributed by atoms with van der Waals surface area (Å²) in [6.07, 6.45) is 3.10. The van der Waals surface area contributed by atoms with Crippen molar-refractivity contribution in [1.29, 1.82) is 0 Å². The van der Waals surface area contributed by atoms with E-state index in [1.165, 1.54) is 10.6 Å². The summed E-state index contributed by atoms with van der Waals surface area (Å²) in [4.78, 5) is 42.2. The van der Waals surface area contributed by atoms with Gasteiger partial charge in [0.05, 0.1) is 34.1 Å². The van der Waals surface area contributed by atoms with Gasteiger partial charge in [0.1, 0.15) is 11.4 Å². The van der Waals surface area contributed by atoms with Crippen LogP contribution in [0.2, 0.25) is 10.0 Å². The van der Waals surface area contributed by atoms with E-state index in [1.54, 1.807) is 58.0 Å². The first-order chi connectivity index (χ1) is 20.2. The second-order valence-electron chi connectivity index (χ2n) is 10.2. The summed E-state index contributed by atoms with van der Waals surface area (Å²) in [5, 5.41) is 3.77. The van der Waals surface area contributed by atoms with Crippen molar-refractivity contribution in [3.8, 4) is 11.4 Å². The molecule has 3 aromatic carbocycles. The van der Waals surface area contributed by atoms with Crippen LogP contribution in [-0.2, 0) is 24.4 Å². The van der Waals surface area contributed by atoms with Crippen molar-refractivity contribution in [3.05, 3.63) is 122 Å². The molecule has 5 rings (SSSR count). The second kappa shape index (κ2) is 12.7. The fraction of sp³-hybridized carbons (Fsp3) is 0.219. The van der Waals surface area contributed by atoms with Crippen molar-refractivity contribution in [2.24, 2.45) is 0 Å². The van der Waals surface area contributed by atoms with Crippen molar-refractivity contribution >= 4 is 41.1 Å². The zero-order chi connectivity index (χ0) is 29.8. The van der Waals surface area contributed by atoms with Gasteiger partial charge in [-0.2, -0.15) is 0 Å². The lowest BCUT2D eigenvalue weighted by Crippen LogP contribution is -2.40. The first-order valence-electron chi connectivity index (χ1n) is 13.6. The van der Waals surface area contributed by atoms with E-state index in [-0.39, 0.29) is 43.0 Å². The minimum Gasteiger partial charge on any atom is -0.491 e. The molecule has 0 saturated heterocycles. The van der Waals surface area contributed by atoms with Crippen LogP contribution >= 0.6 is 23.2 Å². The molecule has 0 unspecified atom stereocenters. The van der Waals surface area contributed by atoms with Gasteiger partial charge in [-0.05, 0) is 67.4 Å². The Hall–Kier alpha value is -4.27. The number of hydrogen-bond acceptors (Lipinski definition) is 4. The molecule has 216 valence electrons. The monoisotopic (exact) mass is 604 g/mol. The summed E-state index contributed by atoms with van der Waals surface area (Å²) < 4.78 is 8.74. The number of carbonyl (C=O) groups excluding carboxylic acids is 2. The summed E-state index contributed by atoms with van der Waals surface area (Å²) in [5.74, 6) is -0.00223. The van der Waals surface area contributed by atoms with Crippen LogP contribution in [0, 0.1) is 0 Å². The lowest BCUT2D eigenvalue weighted by molar-refractivity contribution is -0.127. The number of rotatable bonds is 8. The standard InChI is InChI=1S/C32H30Cl2N4O4/c1-21(2)42-25-12-10-24(11-13-25)38-30(31(40)35-19-23-6-4-3-5-7-23)28-20-36(16-17-37(28)32(38)41)29(39)15-9-22-8-14-26(33)27(34)18-22/h3-15,18,21H,16-17,19-20H2,1-2H3,(H,35,40)/b15-9+. The predicted octanol–water partition coefficient (Wildman–Crippen LogP) is 5.72. The normalized spacial score (nSPS) is 12.9. The molecule has 4 aromatic rings. The van der Waals surface area contributed by atoms with Gasteiger partial charge >= 0.3 is 5.69 Å². The Balaban J connectivity index is 1.47. The molecule has 0 bridgehead atoms. The summed E-state index contributed by atoms with van der Waals surface area (Å²) >= 11 is 12.1. The molecule has 0 atom stereocenters. The van der Waals surface area contributed by atoms with Gasteiger partial charge in [0.25, 0.3) is 5.91 Å². The SMILES string of the molecule is CC(C)Oc1ccc(-n2c(C(=O)NCc3ccccc3)c3n(c2=O)CCN(C(=O)/C=C/c2ccc(Cl)c(Cl)c2)C3)cc1. The molecule has 0 saturated carbocycles. The number of fused-ring (bicyclic) bond motifs is 1.